The van der Waals surface area contributed by atoms with Crippen molar-refractivity contribution in [3.05, 3.63) is 22.7 Å². The van der Waals surface area contributed by atoms with Crippen molar-refractivity contribution in [2.75, 3.05) is 45.2 Å². The second kappa shape index (κ2) is 18.2. The predicted molar refractivity (Wildman–Crippen MR) is 159 cm³/mol. The maximum atomic E-state index is 13.0. The average molecular weight is 650 g/mol. The number of methoxy groups -OCH3 is 1. The highest BCUT2D eigenvalue weighted by Gasteiger charge is 2.50. The van der Waals surface area contributed by atoms with E-state index in [-0.39, 0.29) is 63.0 Å². The first-order valence-electron chi connectivity index (χ1n) is 14.2. The van der Waals surface area contributed by atoms with Crippen molar-refractivity contribution in [2.24, 2.45) is 0 Å². The summed E-state index contributed by atoms with van der Waals surface area (Å²) < 4.78 is 57.6. The van der Waals surface area contributed by atoms with Gasteiger partial charge in [0.05, 0.1) is 38.9 Å². The highest BCUT2D eigenvalue weighted by Crippen LogP contribution is 2.51. The van der Waals surface area contributed by atoms with Crippen LogP contribution in [0.25, 0.3) is 0 Å². The summed E-state index contributed by atoms with van der Waals surface area (Å²) in [5.74, 6) is -0.280. The molecule has 0 bridgehead atoms. The number of ether oxygens (including phenoxy) is 3. The van der Waals surface area contributed by atoms with E-state index in [4.69, 9.17) is 37.6 Å². The Morgan fingerprint density at radius 3 is 2.40 bits per heavy atom. The van der Waals surface area contributed by atoms with Crippen LogP contribution in [0, 0.1) is 11.3 Å². The standard InChI is InChI=1S/C26H45N5O10P2/c1-9-38-43(34,39-10-2)17-36-16-21-23(41-42(37-15-11-13-27)31(18(3)4)19(5)6)24(35-8)25(40-21)30-14-12-22(28-20(7)32)29-26(30)33/h12,14,18-19,21,23-25H,9-11,15-17H2,1-8H3,(H,28,29,32,33)/t21-,23?,24?,25-,42?/m1/s1. The van der Waals surface area contributed by atoms with Crippen LogP contribution in [-0.2, 0) is 41.7 Å². The summed E-state index contributed by atoms with van der Waals surface area (Å²) in [6.45, 7) is 13.1. The highest BCUT2D eigenvalue weighted by molar-refractivity contribution is 7.53. The summed E-state index contributed by atoms with van der Waals surface area (Å²) in [6, 6.07) is 3.60. The van der Waals surface area contributed by atoms with Crippen molar-refractivity contribution in [2.45, 2.75) is 91.5 Å². The topological polar surface area (TPSA) is 173 Å². The molecule has 244 valence electrons. The van der Waals surface area contributed by atoms with E-state index in [0.717, 1.165) is 0 Å². The van der Waals surface area contributed by atoms with Crippen LogP contribution in [0.3, 0.4) is 0 Å². The normalized spacial score (nSPS) is 21.4. The zero-order chi connectivity index (χ0) is 32.2. The average Bonchev–Trinajstić information content (AvgIpc) is 3.24. The van der Waals surface area contributed by atoms with E-state index in [1.807, 2.05) is 27.7 Å². The molecule has 1 aromatic rings. The molecule has 1 saturated heterocycles. The maximum Gasteiger partial charge on any atom is 0.356 e. The van der Waals surface area contributed by atoms with Gasteiger partial charge < -0.3 is 37.6 Å². The van der Waals surface area contributed by atoms with E-state index in [1.165, 1.54) is 30.9 Å². The number of hydrogen-bond donors (Lipinski definition) is 1. The monoisotopic (exact) mass is 649 g/mol. The van der Waals surface area contributed by atoms with Gasteiger partial charge in [-0.05, 0) is 47.6 Å². The fourth-order valence-electron chi connectivity index (χ4n) is 4.48. The molecular weight excluding hydrogens is 604 g/mol. The number of aromatic nitrogens is 2. The lowest BCUT2D eigenvalue weighted by atomic mass is 10.1. The molecule has 1 aromatic heterocycles. The molecule has 3 unspecified atom stereocenters. The van der Waals surface area contributed by atoms with Gasteiger partial charge in [0, 0.05) is 32.3 Å². The van der Waals surface area contributed by atoms with E-state index in [9.17, 15) is 14.2 Å². The first kappa shape index (κ1) is 37.4. The molecule has 1 amide bonds. The largest absolute Gasteiger partial charge is 0.374 e. The Morgan fingerprint density at radius 2 is 1.88 bits per heavy atom. The zero-order valence-corrected chi connectivity index (χ0v) is 27.9. The van der Waals surface area contributed by atoms with Gasteiger partial charge in [0.15, 0.2) is 6.23 Å². The minimum Gasteiger partial charge on any atom is -0.374 e. The third kappa shape index (κ3) is 10.9. The summed E-state index contributed by atoms with van der Waals surface area (Å²) in [5.41, 5.74) is -0.686. The van der Waals surface area contributed by atoms with E-state index in [0.29, 0.717) is 0 Å². The van der Waals surface area contributed by atoms with Crippen LogP contribution in [0.2, 0.25) is 0 Å². The number of rotatable bonds is 19. The molecular formula is C26H45N5O10P2. The molecule has 0 spiro atoms. The molecule has 2 rings (SSSR count). The van der Waals surface area contributed by atoms with Gasteiger partial charge in [0.2, 0.25) is 5.91 Å². The highest BCUT2D eigenvalue weighted by atomic mass is 31.2. The number of nitrogens with zero attached hydrogens (tertiary/aromatic N) is 4. The lowest BCUT2D eigenvalue weighted by Gasteiger charge is -2.38. The molecule has 0 radical (unpaired) electrons. The van der Waals surface area contributed by atoms with Crippen molar-refractivity contribution in [1.29, 1.82) is 5.26 Å². The summed E-state index contributed by atoms with van der Waals surface area (Å²) in [4.78, 5) is 28.4. The molecule has 2 heterocycles. The molecule has 1 N–H and O–H groups in total. The molecule has 1 fully saturated rings. The smallest absolute Gasteiger partial charge is 0.356 e. The Bertz CT molecular complexity index is 1150. The summed E-state index contributed by atoms with van der Waals surface area (Å²) in [5, 5.41) is 11.6. The third-order valence-corrected chi connectivity index (χ3v) is 9.95. The van der Waals surface area contributed by atoms with E-state index in [1.54, 1.807) is 13.8 Å². The molecule has 15 nitrogen and oxygen atoms in total. The minimum absolute atomic E-state index is 0.0263. The summed E-state index contributed by atoms with van der Waals surface area (Å²) in [7, 11) is -3.78. The van der Waals surface area contributed by atoms with Crippen molar-refractivity contribution in [1.82, 2.24) is 14.2 Å². The SMILES string of the molecule is CCOP(=O)(COC[C@H]1O[C@@H](n2ccc(NC(C)=O)nc2=O)C(OC)C1OP(OCCC#N)N(C(C)C)C(C)C)OCC. The Hall–Kier alpha value is -1.82. The number of nitrogens with one attached hydrogen (secondary N) is 1. The van der Waals surface area contributed by atoms with Crippen molar-refractivity contribution in [3.8, 4) is 6.07 Å². The van der Waals surface area contributed by atoms with E-state index in [2.05, 4.69) is 21.0 Å². The van der Waals surface area contributed by atoms with E-state index >= 15 is 0 Å². The number of carbonyl (C=O) groups excluding carboxylic acids is 1. The van der Waals surface area contributed by atoms with Gasteiger partial charge in [-0.25, -0.2) is 9.46 Å². The Morgan fingerprint density at radius 1 is 1.23 bits per heavy atom. The molecule has 5 atom stereocenters. The van der Waals surface area contributed by atoms with Crippen molar-refractivity contribution < 1.29 is 41.7 Å². The predicted octanol–water partition coefficient (Wildman–Crippen LogP) is 4.02. The summed E-state index contributed by atoms with van der Waals surface area (Å²) >= 11 is 0. The molecule has 1 aliphatic heterocycles. The van der Waals surface area contributed by atoms with Crippen LogP contribution < -0.4 is 11.0 Å². The summed E-state index contributed by atoms with van der Waals surface area (Å²) in [6.07, 6.45) is -2.20. The van der Waals surface area contributed by atoms with Crippen LogP contribution in [0.5, 0.6) is 0 Å². The molecule has 1 aliphatic rings. The molecule has 0 saturated carbocycles. The molecule has 0 aromatic carbocycles. The maximum absolute atomic E-state index is 13.0. The van der Waals surface area contributed by atoms with Crippen LogP contribution in [0.4, 0.5) is 5.82 Å². The molecule has 17 heteroatoms. The van der Waals surface area contributed by atoms with Gasteiger partial charge in [-0.15, -0.1) is 0 Å². The van der Waals surface area contributed by atoms with Gasteiger partial charge in [0.1, 0.15) is 30.5 Å². The number of anilines is 1. The molecule has 0 aliphatic carbocycles. The van der Waals surface area contributed by atoms with Gasteiger partial charge >= 0.3 is 13.3 Å². The Kier molecular flexibility index (Phi) is 15.8. The number of nitriles is 1. The zero-order valence-electron chi connectivity index (χ0n) is 26.1. The van der Waals surface area contributed by atoms with Crippen LogP contribution in [0.1, 0.15) is 61.1 Å². The Balaban J connectivity index is 2.45. The first-order chi connectivity index (χ1) is 20.4. The number of carbonyl (C=O) groups is 1. The quantitative estimate of drug-likeness (QED) is 0.168. The van der Waals surface area contributed by atoms with Crippen molar-refractivity contribution in [3.63, 3.8) is 0 Å². The van der Waals surface area contributed by atoms with Crippen molar-refractivity contribution >= 4 is 27.8 Å². The number of amides is 1. The second-order valence-electron chi connectivity index (χ2n) is 10.0. The van der Waals surface area contributed by atoms with Gasteiger partial charge in [-0.2, -0.15) is 10.2 Å². The minimum atomic E-state index is -3.51. The number of hydrogen-bond acceptors (Lipinski definition) is 13. The van der Waals surface area contributed by atoms with Gasteiger partial charge in [-0.1, -0.05) is 0 Å². The van der Waals surface area contributed by atoms with Crippen LogP contribution in [0.15, 0.2) is 17.1 Å². The van der Waals surface area contributed by atoms with Crippen LogP contribution in [-0.4, -0.2) is 90.4 Å². The fourth-order valence-corrected chi connectivity index (χ4v) is 7.59. The lowest BCUT2D eigenvalue weighted by Crippen LogP contribution is -2.41. The Labute approximate surface area is 254 Å². The van der Waals surface area contributed by atoms with Crippen LogP contribution >= 0.6 is 16.1 Å². The first-order valence-corrected chi connectivity index (χ1v) is 17.0. The second-order valence-corrected chi connectivity index (χ2v) is 13.4. The lowest BCUT2D eigenvalue weighted by molar-refractivity contribution is -0.114. The van der Waals surface area contributed by atoms with E-state index < -0.39 is 46.4 Å². The molecule has 43 heavy (non-hydrogen) atoms. The van der Waals surface area contributed by atoms with Gasteiger partial charge in [0.25, 0.3) is 8.53 Å². The third-order valence-electron chi connectivity index (χ3n) is 6.02. The van der Waals surface area contributed by atoms with Gasteiger partial charge in [-0.3, -0.25) is 13.9 Å². The fraction of sp³-hybridized carbons (Fsp3) is 0.769.